The molecule has 1 nitrogen and oxygen atoms in total. The van der Waals surface area contributed by atoms with Crippen LogP contribution < -0.4 is 5.32 Å². The summed E-state index contributed by atoms with van der Waals surface area (Å²) in [6, 6.07) is 0.702. The first-order valence-electron chi connectivity index (χ1n) is 6.68. The summed E-state index contributed by atoms with van der Waals surface area (Å²) < 4.78 is 0. The molecule has 0 aromatic heterocycles. The molecule has 1 aliphatic carbocycles. The topological polar surface area (TPSA) is 12.0 Å². The molecule has 1 N–H and O–H groups in total. The lowest BCUT2D eigenvalue weighted by molar-refractivity contribution is 0.294. The Morgan fingerprint density at radius 2 is 2.00 bits per heavy atom. The maximum absolute atomic E-state index is 4.14. The molecule has 1 unspecified atom stereocenters. The van der Waals surface area contributed by atoms with E-state index in [0.29, 0.717) is 6.04 Å². The molecule has 1 saturated carbocycles. The van der Waals surface area contributed by atoms with E-state index in [-0.39, 0.29) is 0 Å². The van der Waals surface area contributed by atoms with Gasteiger partial charge in [-0.05, 0) is 31.6 Å². The minimum Gasteiger partial charge on any atom is -0.386 e. The van der Waals surface area contributed by atoms with Gasteiger partial charge in [-0.3, -0.25) is 0 Å². The van der Waals surface area contributed by atoms with Crippen LogP contribution in [0.1, 0.15) is 65.2 Å². The zero-order valence-corrected chi connectivity index (χ0v) is 10.5. The van der Waals surface area contributed by atoms with E-state index in [9.17, 15) is 0 Å². The van der Waals surface area contributed by atoms with E-state index in [4.69, 9.17) is 0 Å². The van der Waals surface area contributed by atoms with Gasteiger partial charge in [0.25, 0.3) is 0 Å². The predicted octanol–water partition coefficient (Wildman–Crippen LogP) is 4.25. The summed E-state index contributed by atoms with van der Waals surface area (Å²) in [5.41, 5.74) is 1.27. The number of unbranched alkanes of at least 4 members (excludes halogenated alkanes) is 2. The molecule has 0 heterocycles. The number of nitrogens with one attached hydrogen (secondary N) is 1. The maximum Gasteiger partial charge on any atom is 0.0283 e. The summed E-state index contributed by atoms with van der Waals surface area (Å²) in [6.45, 7) is 8.76. The molecule has 0 radical (unpaired) electrons. The predicted molar refractivity (Wildman–Crippen MR) is 67.8 cm³/mol. The van der Waals surface area contributed by atoms with Crippen molar-refractivity contribution in [3.8, 4) is 0 Å². The molecule has 0 aromatic rings. The molecule has 0 saturated heterocycles. The fraction of sp³-hybridized carbons (Fsp3) is 0.857. The van der Waals surface area contributed by atoms with Crippen molar-refractivity contribution in [3.05, 3.63) is 12.3 Å². The zero-order chi connectivity index (χ0) is 11.1. The van der Waals surface area contributed by atoms with Gasteiger partial charge < -0.3 is 5.32 Å². The van der Waals surface area contributed by atoms with Gasteiger partial charge >= 0.3 is 0 Å². The van der Waals surface area contributed by atoms with Gasteiger partial charge in [0.1, 0.15) is 0 Å². The highest BCUT2D eigenvalue weighted by molar-refractivity contribution is 4.95. The van der Waals surface area contributed by atoms with E-state index in [1.54, 1.807) is 0 Å². The van der Waals surface area contributed by atoms with E-state index in [1.165, 1.54) is 50.6 Å². The molecule has 0 aromatic carbocycles. The van der Waals surface area contributed by atoms with E-state index in [0.717, 1.165) is 12.3 Å². The molecule has 1 heteroatoms. The molecular weight excluding hydrogens is 182 g/mol. The van der Waals surface area contributed by atoms with Crippen LogP contribution in [0.2, 0.25) is 0 Å². The number of allylic oxidation sites excluding steroid dienone is 1. The van der Waals surface area contributed by atoms with Gasteiger partial charge in [-0.25, -0.2) is 0 Å². The number of rotatable bonds is 6. The van der Waals surface area contributed by atoms with Crippen LogP contribution in [0.25, 0.3) is 0 Å². The van der Waals surface area contributed by atoms with E-state index in [1.807, 2.05) is 0 Å². The van der Waals surface area contributed by atoms with Crippen molar-refractivity contribution in [2.75, 3.05) is 0 Å². The Labute approximate surface area is 95.3 Å². The molecule has 0 amide bonds. The van der Waals surface area contributed by atoms with Crippen molar-refractivity contribution < 1.29 is 0 Å². The molecule has 0 aliphatic heterocycles. The number of hydrogen-bond donors (Lipinski definition) is 1. The Kier molecular flexibility index (Phi) is 5.82. The van der Waals surface area contributed by atoms with Crippen LogP contribution in [-0.2, 0) is 0 Å². The summed E-state index contributed by atoms with van der Waals surface area (Å²) in [6.07, 6.45) is 10.6. The fourth-order valence-corrected chi connectivity index (χ4v) is 2.45. The second-order valence-electron chi connectivity index (χ2n) is 5.07. The second kappa shape index (κ2) is 6.92. The lowest BCUT2D eigenvalue weighted by atomic mass is 9.86. The molecule has 0 bridgehead atoms. The van der Waals surface area contributed by atoms with Gasteiger partial charge in [-0.15, -0.1) is 0 Å². The SMILES string of the molecule is C=C(CCCCC)NC1CCCC[C@H]1C. The summed E-state index contributed by atoms with van der Waals surface area (Å²) in [7, 11) is 0. The highest BCUT2D eigenvalue weighted by atomic mass is 14.9. The minimum absolute atomic E-state index is 0.702. The smallest absolute Gasteiger partial charge is 0.0283 e. The van der Waals surface area contributed by atoms with Crippen LogP contribution in [0.3, 0.4) is 0 Å². The van der Waals surface area contributed by atoms with Crippen molar-refractivity contribution in [2.24, 2.45) is 5.92 Å². The molecule has 1 aliphatic rings. The summed E-state index contributed by atoms with van der Waals surface area (Å²) in [5, 5.41) is 3.63. The van der Waals surface area contributed by atoms with E-state index >= 15 is 0 Å². The Bertz CT molecular complexity index is 186. The monoisotopic (exact) mass is 209 g/mol. The molecule has 15 heavy (non-hydrogen) atoms. The van der Waals surface area contributed by atoms with Crippen LogP contribution in [0.4, 0.5) is 0 Å². The Balaban J connectivity index is 2.18. The summed E-state index contributed by atoms with van der Waals surface area (Å²) in [5.74, 6) is 0.835. The second-order valence-corrected chi connectivity index (χ2v) is 5.07. The lowest BCUT2D eigenvalue weighted by Crippen LogP contribution is -2.36. The quantitative estimate of drug-likeness (QED) is 0.645. The van der Waals surface area contributed by atoms with Crippen molar-refractivity contribution >= 4 is 0 Å². The number of hydrogen-bond acceptors (Lipinski definition) is 1. The maximum atomic E-state index is 4.14. The Morgan fingerprint density at radius 1 is 1.27 bits per heavy atom. The van der Waals surface area contributed by atoms with E-state index < -0.39 is 0 Å². The standard InChI is InChI=1S/C14H27N/c1-4-5-6-10-13(3)15-14-11-8-7-9-12(14)2/h12,14-15H,3-11H2,1-2H3/t12-,14?/m1/s1. The van der Waals surface area contributed by atoms with Crippen molar-refractivity contribution in [3.63, 3.8) is 0 Å². The summed E-state index contributed by atoms with van der Waals surface area (Å²) >= 11 is 0. The third-order valence-corrected chi connectivity index (χ3v) is 3.58. The molecule has 2 atom stereocenters. The Hall–Kier alpha value is -0.460. The van der Waals surface area contributed by atoms with Gasteiger partial charge in [0.15, 0.2) is 0 Å². The molecule has 0 spiro atoms. The third-order valence-electron chi connectivity index (χ3n) is 3.58. The van der Waals surface area contributed by atoms with Crippen LogP contribution in [0.15, 0.2) is 12.3 Å². The van der Waals surface area contributed by atoms with Gasteiger partial charge in [0.2, 0.25) is 0 Å². The van der Waals surface area contributed by atoms with Crippen molar-refractivity contribution in [2.45, 2.75) is 71.3 Å². The van der Waals surface area contributed by atoms with Gasteiger partial charge in [0.05, 0.1) is 0 Å². The first-order chi connectivity index (χ1) is 7.24. The zero-order valence-electron chi connectivity index (χ0n) is 10.5. The minimum atomic E-state index is 0.702. The molecule has 1 rings (SSSR count). The largest absolute Gasteiger partial charge is 0.386 e. The molecule has 1 fully saturated rings. The first-order valence-corrected chi connectivity index (χ1v) is 6.68. The third kappa shape index (κ3) is 4.72. The van der Waals surface area contributed by atoms with Crippen molar-refractivity contribution in [1.82, 2.24) is 5.32 Å². The average molecular weight is 209 g/mol. The molecular formula is C14H27N. The van der Waals surface area contributed by atoms with Gasteiger partial charge in [-0.2, -0.15) is 0 Å². The van der Waals surface area contributed by atoms with Gasteiger partial charge in [0, 0.05) is 11.7 Å². The first kappa shape index (κ1) is 12.6. The van der Waals surface area contributed by atoms with Crippen molar-refractivity contribution in [1.29, 1.82) is 0 Å². The average Bonchev–Trinajstić information content (AvgIpc) is 2.22. The summed E-state index contributed by atoms with van der Waals surface area (Å²) in [4.78, 5) is 0. The molecule has 88 valence electrons. The van der Waals surface area contributed by atoms with Gasteiger partial charge in [-0.1, -0.05) is 46.1 Å². The normalized spacial score (nSPS) is 26.3. The van der Waals surface area contributed by atoms with Crippen LogP contribution >= 0.6 is 0 Å². The highest BCUT2D eigenvalue weighted by Crippen LogP contribution is 2.24. The van der Waals surface area contributed by atoms with Crippen LogP contribution in [-0.4, -0.2) is 6.04 Å². The highest BCUT2D eigenvalue weighted by Gasteiger charge is 2.20. The fourth-order valence-electron chi connectivity index (χ4n) is 2.45. The van der Waals surface area contributed by atoms with Crippen LogP contribution in [0, 0.1) is 5.92 Å². The Morgan fingerprint density at radius 3 is 2.67 bits per heavy atom. The van der Waals surface area contributed by atoms with E-state index in [2.05, 4.69) is 25.7 Å². The van der Waals surface area contributed by atoms with Crippen LogP contribution in [0.5, 0.6) is 0 Å². The lowest BCUT2D eigenvalue weighted by Gasteiger charge is -2.31.